The van der Waals surface area contributed by atoms with Crippen LogP contribution in [0.5, 0.6) is 0 Å². The Bertz CT molecular complexity index is 808. The first kappa shape index (κ1) is 16.3. The third-order valence-electron chi connectivity index (χ3n) is 3.82. The van der Waals surface area contributed by atoms with E-state index in [2.05, 4.69) is 9.97 Å². The minimum absolute atomic E-state index is 0.0421. The van der Waals surface area contributed by atoms with Crippen LogP contribution in [0.3, 0.4) is 0 Å². The smallest absolute Gasteiger partial charge is 0.289 e. The zero-order valence-corrected chi connectivity index (χ0v) is 13.7. The molecule has 7 nitrogen and oxygen atoms in total. The van der Waals surface area contributed by atoms with Gasteiger partial charge in [0.1, 0.15) is 16.5 Å². The monoisotopic (exact) mass is 346 g/mol. The Labute approximate surface area is 143 Å². The van der Waals surface area contributed by atoms with Gasteiger partial charge in [-0.3, -0.25) is 14.9 Å². The molecule has 1 amide bonds. The van der Waals surface area contributed by atoms with E-state index in [4.69, 9.17) is 11.6 Å². The molecule has 1 aliphatic carbocycles. The molecular formula is C16H15ClN4O3. The van der Waals surface area contributed by atoms with Gasteiger partial charge in [-0.15, -0.1) is 0 Å². The number of aryl methyl sites for hydroxylation is 1. The van der Waals surface area contributed by atoms with E-state index in [0.717, 1.165) is 12.8 Å². The minimum atomic E-state index is -0.555. The molecule has 1 saturated carbocycles. The number of carbonyl (C=O) groups is 1. The van der Waals surface area contributed by atoms with Crippen molar-refractivity contribution in [2.45, 2.75) is 19.8 Å². The molecule has 0 N–H and O–H groups in total. The predicted octanol–water partition coefficient (Wildman–Crippen LogP) is 3.40. The van der Waals surface area contributed by atoms with Gasteiger partial charge in [0.25, 0.3) is 11.6 Å². The summed E-state index contributed by atoms with van der Waals surface area (Å²) in [6.45, 7) is 2.20. The number of halogens is 1. The first-order chi connectivity index (χ1) is 11.5. The minimum Gasteiger partial charge on any atom is -0.306 e. The van der Waals surface area contributed by atoms with Crippen molar-refractivity contribution >= 4 is 28.9 Å². The Morgan fingerprint density at radius 1 is 1.42 bits per heavy atom. The van der Waals surface area contributed by atoms with E-state index in [1.54, 1.807) is 19.1 Å². The van der Waals surface area contributed by atoms with Crippen LogP contribution in [0.15, 0.2) is 30.5 Å². The summed E-state index contributed by atoms with van der Waals surface area (Å²) in [6.07, 6.45) is 3.61. The van der Waals surface area contributed by atoms with Crippen LogP contribution < -0.4 is 4.90 Å². The average Bonchev–Trinajstić information content (AvgIpc) is 3.36. The molecule has 0 unspecified atom stereocenters. The first-order valence-corrected chi connectivity index (χ1v) is 7.89. The second-order valence-electron chi connectivity index (χ2n) is 5.74. The molecule has 1 aliphatic rings. The number of nitro benzene ring substituents is 1. The Hall–Kier alpha value is -2.54. The molecule has 1 aromatic carbocycles. The van der Waals surface area contributed by atoms with E-state index in [-0.39, 0.29) is 22.3 Å². The van der Waals surface area contributed by atoms with Crippen LogP contribution in [0.2, 0.25) is 5.02 Å². The van der Waals surface area contributed by atoms with E-state index in [0.29, 0.717) is 24.0 Å². The lowest BCUT2D eigenvalue weighted by Crippen LogP contribution is -2.33. The number of nitrogens with zero attached hydrogens (tertiary/aromatic N) is 4. The zero-order valence-electron chi connectivity index (χ0n) is 13.0. The fourth-order valence-electron chi connectivity index (χ4n) is 2.39. The molecule has 0 radical (unpaired) electrons. The number of amides is 1. The number of rotatable bonds is 5. The lowest BCUT2D eigenvalue weighted by atomic mass is 10.2. The maximum atomic E-state index is 12.9. The Kier molecular flexibility index (Phi) is 4.44. The van der Waals surface area contributed by atoms with Crippen LogP contribution >= 0.6 is 11.6 Å². The highest BCUT2D eigenvalue weighted by Crippen LogP contribution is 2.34. The fourth-order valence-corrected chi connectivity index (χ4v) is 2.57. The first-order valence-electron chi connectivity index (χ1n) is 7.51. The van der Waals surface area contributed by atoms with Crippen LogP contribution in [0.25, 0.3) is 0 Å². The van der Waals surface area contributed by atoms with Crippen molar-refractivity contribution < 1.29 is 9.72 Å². The molecule has 1 aromatic heterocycles. The summed E-state index contributed by atoms with van der Waals surface area (Å²) < 4.78 is 0. The third-order valence-corrected chi connectivity index (χ3v) is 4.14. The normalized spacial score (nSPS) is 13.6. The summed E-state index contributed by atoms with van der Waals surface area (Å²) in [5.74, 6) is 0.602. The molecule has 0 bridgehead atoms. The molecule has 1 fully saturated rings. The molecular weight excluding hydrogens is 332 g/mol. The number of aromatic nitrogens is 2. The quantitative estimate of drug-likeness (QED) is 0.611. The van der Waals surface area contributed by atoms with E-state index >= 15 is 0 Å². The lowest BCUT2D eigenvalue weighted by molar-refractivity contribution is -0.384. The van der Waals surface area contributed by atoms with Crippen LogP contribution in [0.4, 0.5) is 11.4 Å². The number of nitro groups is 1. The zero-order chi connectivity index (χ0) is 17.3. The molecule has 24 heavy (non-hydrogen) atoms. The van der Waals surface area contributed by atoms with Gasteiger partial charge in [-0.25, -0.2) is 9.97 Å². The third kappa shape index (κ3) is 3.51. The topological polar surface area (TPSA) is 89.2 Å². The molecule has 3 rings (SSSR count). The molecule has 0 atom stereocenters. The molecule has 0 aliphatic heterocycles. The van der Waals surface area contributed by atoms with Crippen LogP contribution in [0, 0.1) is 23.0 Å². The van der Waals surface area contributed by atoms with Gasteiger partial charge in [0.2, 0.25) is 0 Å². The van der Waals surface area contributed by atoms with Gasteiger partial charge >= 0.3 is 0 Å². The van der Waals surface area contributed by atoms with Crippen molar-refractivity contribution in [2.24, 2.45) is 5.92 Å². The highest BCUT2D eigenvalue weighted by molar-refractivity contribution is 6.32. The summed E-state index contributed by atoms with van der Waals surface area (Å²) in [7, 11) is 0. The second-order valence-corrected chi connectivity index (χ2v) is 6.15. The largest absolute Gasteiger partial charge is 0.306 e. The molecule has 124 valence electrons. The number of carbonyl (C=O) groups excluding carboxylic acids is 1. The molecule has 1 heterocycles. The van der Waals surface area contributed by atoms with Crippen LogP contribution in [0.1, 0.15) is 29.2 Å². The van der Waals surface area contributed by atoms with Crippen molar-refractivity contribution in [1.82, 2.24) is 9.97 Å². The van der Waals surface area contributed by atoms with Crippen molar-refractivity contribution in [1.29, 1.82) is 0 Å². The summed E-state index contributed by atoms with van der Waals surface area (Å²) in [4.78, 5) is 33.1. The van der Waals surface area contributed by atoms with E-state index in [1.807, 2.05) is 0 Å². The van der Waals surface area contributed by atoms with E-state index in [9.17, 15) is 14.9 Å². The van der Waals surface area contributed by atoms with Gasteiger partial charge in [0, 0.05) is 18.8 Å². The summed E-state index contributed by atoms with van der Waals surface area (Å²) >= 11 is 5.87. The van der Waals surface area contributed by atoms with Gasteiger partial charge in [-0.2, -0.15) is 0 Å². The maximum Gasteiger partial charge on any atom is 0.289 e. The van der Waals surface area contributed by atoms with Gasteiger partial charge in [-0.05, 0) is 43.9 Å². The SMILES string of the molecule is Cc1nccc(C(=O)N(CC2CC2)c2ccc(Cl)c([N+](=O)[O-])c2)n1. The van der Waals surface area contributed by atoms with Crippen molar-refractivity contribution in [3.63, 3.8) is 0 Å². The van der Waals surface area contributed by atoms with E-state index < -0.39 is 4.92 Å². The maximum absolute atomic E-state index is 12.9. The summed E-state index contributed by atoms with van der Waals surface area (Å²) in [6, 6.07) is 5.92. The standard InChI is InChI=1S/C16H15ClN4O3/c1-10-18-7-6-14(19-10)16(22)20(9-11-2-3-11)12-4-5-13(17)15(8-12)21(23)24/h4-8,11H,2-3,9H2,1H3. The summed E-state index contributed by atoms with van der Waals surface area (Å²) in [5, 5.41) is 11.2. The van der Waals surface area contributed by atoms with Gasteiger partial charge in [-0.1, -0.05) is 11.6 Å². The Morgan fingerprint density at radius 3 is 2.79 bits per heavy atom. The highest BCUT2D eigenvalue weighted by Gasteiger charge is 2.30. The number of anilines is 1. The van der Waals surface area contributed by atoms with E-state index in [1.165, 1.54) is 23.2 Å². The Morgan fingerprint density at radius 2 is 2.17 bits per heavy atom. The second kappa shape index (κ2) is 6.52. The molecule has 0 saturated heterocycles. The van der Waals surface area contributed by atoms with Gasteiger partial charge in [0.15, 0.2) is 0 Å². The highest BCUT2D eigenvalue weighted by atomic mass is 35.5. The Balaban J connectivity index is 1.98. The fraction of sp³-hybridized carbons (Fsp3) is 0.312. The average molecular weight is 347 g/mol. The number of benzene rings is 1. The van der Waals surface area contributed by atoms with Crippen LogP contribution in [-0.4, -0.2) is 27.3 Å². The van der Waals surface area contributed by atoms with Gasteiger partial charge < -0.3 is 4.90 Å². The van der Waals surface area contributed by atoms with Crippen LogP contribution in [-0.2, 0) is 0 Å². The molecule has 0 spiro atoms. The lowest BCUT2D eigenvalue weighted by Gasteiger charge is -2.22. The van der Waals surface area contributed by atoms with Crippen molar-refractivity contribution in [2.75, 3.05) is 11.4 Å². The van der Waals surface area contributed by atoms with Gasteiger partial charge in [0.05, 0.1) is 10.6 Å². The molecule has 2 aromatic rings. The number of hydrogen-bond acceptors (Lipinski definition) is 5. The van der Waals surface area contributed by atoms with Crippen molar-refractivity contribution in [3.8, 4) is 0 Å². The predicted molar refractivity (Wildman–Crippen MR) is 89.3 cm³/mol. The van der Waals surface area contributed by atoms with Crippen molar-refractivity contribution in [3.05, 3.63) is 57.1 Å². The number of hydrogen-bond donors (Lipinski definition) is 0. The molecule has 8 heteroatoms. The summed E-state index contributed by atoms with van der Waals surface area (Å²) in [5.41, 5.74) is 0.488.